The summed E-state index contributed by atoms with van der Waals surface area (Å²) in [4.78, 5) is 46.5. The maximum absolute atomic E-state index is 12.4. The van der Waals surface area contributed by atoms with Crippen LogP contribution in [0.1, 0.15) is 132 Å². The first-order valence-corrected chi connectivity index (χ1v) is 17.6. The van der Waals surface area contributed by atoms with Gasteiger partial charge < -0.3 is 20.4 Å². The Morgan fingerprint density at radius 2 is 0.958 bits per heavy atom. The van der Waals surface area contributed by atoms with Crippen LogP contribution >= 0.6 is 0 Å². The van der Waals surface area contributed by atoms with Crippen molar-refractivity contribution in [3.8, 4) is 0 Å². The van der Waals surface area contributed by atoms with Crippen molar-refractivity contribution in [3.63, 3.8) is 0 Å². The number of rotatable bonds is 8. The summed E-state index contributed by atoms with van der Waals surface area (Å²) in [7, 11) is 0. The summed E-state index contributed by atoms with van der Waals surface area (Å²) in [6.07, 6.45) is 10.2. The molecule has 4 saturated carbocycles. The second-order valence-corrected chi connectivity index (χ2v) is 16.8. The number of carboxylic acid groups (broad SMARTS) is 2. The molecule has 4 rings (SSSR count). The van der Waals surface area contributed by atoms with E-state index in [0.717, 1.165) is 48.0 Å². The van der Waals surface area contributed by atoms with Crippen molar-refractivity contribution in [3.05, 3.63) is 47.6 Å². The largest absolute Gasteiger partial charge is 0.478 e. The highest BCUT2D eigenvalue weighted by Gasteiger charge is 2.66. The number of fused-ring (bicyclic) bond motifs is 2. The molecule has 0 aromatic heterocycles. The number of hydrogen-bond donors (Lipinski definition) is 4. The van der Waals surface area contributed by atoms with Crippen LogP contribution in [0.15, 0.2) is 47.6 Å². The molecular formula is C40H60O8. The molecule has 0 bridgehead atoms. The van der Waals surface area contributed by atoms with E-state index in [-0.39, 0.29) is 23.4 Å². The van der Waals surface area contributed by atoms with E-state index in [1.165, 1.54) is 12.2 Å². The van der Waals surface area contributed by atoms with Gasteiger partial charge in [-0.05, 0) is 89.9 Å². The summed E-state index contributed by atoms with van der Waals surface area (Å²) in [5, 5.41) is 40.9. The van der Waals surface area contributed by atoms with Gasteiger partial charge in [0.25, 0.3) is 0 Å². The van der Waals surface area contributed by atoms with Crippen LogP contribution in [0.2, 0.25) is 0 Å². The van der Waals surface area contributed by atoms with Gasteiger partial charge in [-0.3, -0.25) is 9.59 Å². The van der Waals surface area contributed by atoms with Crippen molar-refractivity contribution in [2.24, 2.45) is 33.5 Å². The van der Waals surface area contributed by atoms with E-state index in [0.29, 0.717) is 51.4 Å². The summed E-state index contributed by atoms with van der Waals surface area (Å²) in [6, 6.07) is 0. The Morgan fingerprint density at radius 1 is 0.646 bits per heavy atom. The van der Waals surface area contributed by atoms with Crippen LogP contribution in [0.4, 0.5) is 0 Å². The molecule has 0 amide bonds. The van der Waals surface area contributed by atoms with Gasteiger partial charge in [-0.1, -0.05) is 77.0 Å². The molecule has 8 heteroatoms. The highest BCUT2D eigenvalue weighted by atomic mass is 16.4. The average molecular weight is 669 g/mol. The van der Waals surface area contributed by atoms with Gasteiger partial charge in [-0.15, -0.1) is 0 Å². The fraction of sp³-hybridized carbons (Fsp3) is 0.700. The van der Waals surface area contributed by atoms with E-state index in [4.69, 9.17) is 10.2 Å². The van der Waals surface area contributed by atoms with Crippen molar-refractivity contribution >= 4 is 23.5 Å². The average Bonchev–Trinajstić information content (AvgIpc) is 2.96. The molecule has 8 nitrogen and oxygen atoms in total. The second kappa shape index (κ2) is 13.8. The molecule has 4 aliphatic carbocycles. The SMILES string of the molecule is C=C1CC[C@@]2(O)C(C)(C)C(=O)CC[C@]2(C)[C@H]1CC/C(C)=C/C(=O)O.C=C1CC[C@@]2(O)C(C)(C)C(=O)CC[C@]2(C)[C@H]1CC/C(C)=C/C(=O)O. The Balaban J connectivity index is 0.000000260. The number of carboxylic acids is 2. The lowest BCUT2D eigenvalue weighted by molar-refractivity contribution is -0.211. The van der Waals surface area contributed by atoms with Gasteiger partial charge in [0.1, 0.15) is 11.6 Å². The molecule has 0 heterocycles. The first-order valence-electron chi connectivity index (χ1n) is 17.6. The van der Waals surface area contributed by atoms with Gasteiger partial charge in [0.2, 0.25) is 0 Å². The standard InChI is InChI=1S/2C20H30O4/c2*1-13(12-17(22)23)6-7-15-14(2)8-11-20(24)18(3,4)16(21)9-10-19(15,20)5/h2*12,15,24H,2,6-11H2,1,3-5H3,(H,22,23)/b2*13-12+/t2*15-,19+,20+/m00/s1. The second-order valence-electron chi connectivity index (χ2n) is 16.8. The van der Waals surface area contributed by atoms with E-state index in [9.17, 15) is 29.4 Å². The van der Waals surface area contributed by atoms with Crippen LogP contribution in [0.3, 0.4) is 0 Å². The molecule has 0 radical (unpaired) electrons. The molecule has 0 saturated heterocycles. The smallest absolute Gasteiger partial charge is 0.328 e. The molecule has 0 unspecified atom stereocenters. The van der Waals surface area contributed by atoms with Crippen LogP contribution in [-0.2, 0) is 19.2 Å². The van der Waals surface area contributed by atoms with Crippen molar-refractivity contribution in [2.75, 3.05) is 0 Å². The molecule has 4 aliphatic rings. The predicted octanol–water partition coefficient (Wildman–Crippen LogP) is 7.78. The normalized spacial score (nSPS) is 36.4. The van der Waals surface area contributed by atoms with E-state index in [1.54, 1.807) is 0 Å². The van der Waals surface area contributed by atoms with Crippen LogP contribution in [0.25, 0.3) is 0 Å². The number of ketones is 2. The first kappa shape index (κ1) is 39.6. The van der Waals surface area contributed by atoms with Gasteiger partial charge in [0.15, 0.2) is 0 Å². The Morgan fingerprint density at radius 3 is 1.25 bits per heavy atom. The van der Waals surface area contributed by atoms with Gasteiger partial charge in [-0.2, -0.15) is 0 Å². The molecule has 0 spiro atoms. The fourth-order valence-electron chi connectivity index (χ4n) is 10.1. The third-order valence-electron chi connectivity index (χ3n) is 13.6. The van der Waals surface area contributed by atoms with Crippen molar-refractivity contribution in [1.82, 2.24) is 0 Å². The third kappa shape index (κ3) is 6.68. The molecular weight excluding hydrogens is 608 g/mol. The summed E-state index contributed by atoms with van der Waals surface area (Å²) in [6.45, 7) is 23.8. The lowest BCUT2D eigenvalue weighted by Crippen LogP contribution is -2.66. The van der Waals surface area contributed by atoms with Gasteiger partial charge >= 0.3 is 11.9 Å². The van der Waals surface area contributed by atoms with E-state index in [1.807, 2.05) is 41.5 Å². The van der Waals surface area contributed by atoms with Crippen LogP contribution in [0, 0.1) is 33.5 Å². The van der Waals surface area contributed by atoms with Crippen molar-refractivity contribution in [2.45, 2.75) is 144 Å². The van der Waals surface area contributed by atoms with E-state index >= 15 is 0 Å². The molecule has 4 fully saturated rings. The number of aliphatic carboxylic acids is 2. The maximum atomic E-state index is 12.4. The molecule has 0 aliphatic heterocycles. The fourth-order valence-corrected chi connectivity index (χ4v) is 10.1. The lowest BCUT2D eigenvalue weighted by Gasteiger charge is -2.62. The minimum atomic E-state index is -1.04. The number of hydrogen-bond acceptors (Lipinski definition) is 6. The number of carbonyl (C=O) groups excluding carboxylic acids is 2. The molecule has 48 heavy (non-hydrogen) atoms. The number of aliphatic hydroxyl groups is 2. The molecule has 268 valence electrons. The lowest BCUT2D eigenvalue weighted by atomic mass is 9.44. The number of Topliss-reactive ketones (excluding diaryl/α,β-unsaturated/α-hetero) is 2. The van der Waals surface area contributed by atoms with E-state index in [2.05, 4.69) is 27.0 Å². The maximum Gasteiger partial charge on any atom is 0.328 e. The van der Waals surface area contributed by atoms with Gasteiger partial charge in [-0.25, -0.2) is 9.59 Å². The Kier molecular flexibility index (Phi) is 11.4. The molecule has 0 aromatic carbocycles. The summed E-state index contributed by atoms with van der Waals surface area (Å²) >= 11 is 0. The van der Waals surface area contributed by atoms with E-state index < -0.39 is 44.8 Å². The Labute approximate surface area is 287 Å². The Bertz CT molecular complexity index is 1310. The number of allylic oxidation sites excluding steroid dienone is 4. The highest BCUT2D eigenvalue weighted by Crippen LogP contribution is 2.64. The van der Waals surface area contributed by atoms with Crippen molar-refractivity contribution < 1.29 is 39.6 Å². The molecule has 6 atom stereocenters. The zero-order valence-electron chi connectivity index (χ0n) is 30.6. The van der Waals surface area contributed by atoms with Gasteiger partial charge in [0.05, 0.1) is 22.0 Å². The third-order valence-corrected chi connectivity index (χ3v) is 13.6. The Hall–Kier alpha value is -2.84. The minimum absolute atomic E-state index is 0.0979. The zero-order chi connectivity index (χ0) is 36.7. The monoisotopic (exact) mass is 668 g/mol. The van der Waals surface area contributed by atoms with Crippen molar-refractivity contribution in [1.29, 1.82) is 0 Å². The summed E-state index contributed by atoms with van der Waals surface area (Å²) in [5.41, 5.74) is -0.510. The predicted molar refractivity (Wildman–Crippen MR) is 187 cm³/mol. The van der Waals surface area contributed by atoms with Crippen LogP contribution in [0.5, 0.6) is 0 Å². The van der Waals surface area contributed by atoms with Crippen LogP contribution in [-0.4, -0.2) is 55.1 Å². The summed E-state index contributed by atoms with van der Waals surface area (Å²) < 4.78 is 0. The molecule has 0 aromatic rings. The minimum Gasteiger partial charge on any atom is -0.478 e. The highest BCUT2D eigenvalue weighted by molar-refractivity contribution is 5.87. The quantitative estimate of drug-likeness (QED) is 0.151. The molecule has 4 N–H and O–H groups in total. The first-order chi connectivity index (χ1) is 21.9. The van der Waals surface area contributed by atoms with Gasteiger partial charge in [0, 0.05) is 35.8 Å². The zero-order valence-corrected chi connectivity index (χ0v) is 30.6. The summed E-state index contributed by atoms with van der Waals surface area (Å²) in [5.74, 6) is -1.39. The van der Waals surface area contributed by atoms with Crippen LogP contribution < -0.4 is 0 Å². The number of carbonyl (C=O) groups is 4. The topological polar surface area (TPSA) is 149 Å².